The molecule has 0 aliphatic rings. The van der Waals surface area contributed by atoms with Gasteiger partial charge in [-0.3, -0.25) is 0 Å². The number of hydrogen-bond acceptors (Lipinski definition) is 1. The van der Waals surface area contributed by atoms with E-state index in [0.29, 0.717) is 6.61 Å². The Morgan fingerprint density at radius 3 is 1.77 bits per heavy atom. The van der Waals surface area contributed by atoms with E-state index in [4.69, 9.17) is 39.9 Å². The molecule has 82 valence electrons. The summed E-state index contributed by atoms with van der Waals surface area (Å²) >= 11 is 14.4. The van der Waals surface area contributed by atoms with Crippen LogP contribution in [0.1, 0.15) is 39.5 Å². The summed E-state index contributed by atoms with van der Waals surface area (Å²) in [5.74, 6) is 0.823. The Bertz CT molecular complexity index is 84.2. The first-order valence-corrected chi connectivity index (χ1v) is 5.84. The molecule has 0 aromatic heterocycles. The van der Waals surface area contributed by atoms with Crippen molar-refractivity contribution < 1.29 is 5.11 Å². The molecule has 0 aromatic rings. The van der Waals surface area contributed by atoms with Crippen LogP contribution in [0.2, 0.25) is 0 Å². The van der Waals surface area contributed by atoms with Gasteiger partial charge in [0.2, 0.25) is 0 Å². The Morgan fingerprint density at radius 1 is 1.00 bits per heavy atom. The van der Waals surface area contributed by atoms with Gasteiger partial charge in [-0.15, -0.1) is 0 Å². The summed E-state index contributed by atoms with van der Waals surface area (Å²) in [7, 11) is 0. The molecule has 1 N–H and O–H groups in total. The Morgan fingerprint density at radius 2 is 1.46 bits per heavy atom. The van der Waals surface area contributed by atoms with Crippen LogP contribution < -0.4 is 0 Å². The molecule has 0 spiro atoms. The molecule has 0 aliphatic carbocycles. The SMILES string of the molecule is CC(C)CCCCCO.ClC(Cl)Cl. The highest BCUT2D eigenvalue weighted by molar-refractivity contribution is 6.63. The minimum absolute atomic E-state index is 0.359. The Hall–Kier alpha value is 0.830. The molecular formula is C9H19Cl3O. The molecule has 0 radical (unpaired) electrons. The lowest BCUT2D eigenvalue weighted by Crippen LogP contribution is -1.88. The van der Waals surface area contributed by atoms with Crippen LogP contribution in [-0.2, 0) is 0 Å². The van der Waals surface area contributed by atoms with E-state index in [-0.39, 0.29) is 0 Å². The molecule has 0 fully saturated rings. The predicted octanol–water partition coefficient (Wildman–Crippen LogP) is 4.18. The Balaban J connectivity index is 0. The van der Waals surface area contributed by atoms with Crippen LogP contribution in [0.5, 0.6) is 0 Å². The molecule has 0 saturated carbocycles. The van der Waals surface area contributed by atoms with Crippen LogP contribution in [0.25, 0.3) is 0 Å². The van der Waals surface area contributed by atoms with Gasteiger partial charge >= 0.3 is 0 Å². The third-order valence-electron chi connectivity index (χ3n) is 1.44. The maximum Gasteiger partial charge on any atom is 0.180 e. The molecule has 0 unspecified atom stereocenters. The largest absolute Gasteiger partial charge is 0.396 e. The summed E-state index contributed by atoms with van der Waals surface area (Å²) in [6, 6.07) is 0. The minimum atomic E-state index is -0.750. The van der Waals surface area contributed by atoms with Crippen LogP contribution in [0.4, 0.5) is 0 Å². The Kier molecular flexibility index (Phi) is 16.1. The van der Waals surface area contributed by atoms with Crippen LogP contribution in [0, 0.1) is 5.92 Å². The number of unbranched alkanes of at least 4 members (excludes halogenated alkanes) is 2. The number of rotatable bonds is 5. The van der Waals surface area contributed by atoms with Crippen molar-refractivity contribution >= 4 is 34.8 Å². The van der Waals surface area contributed by atoms with Gasteiger partial charge in [0.1, 0.15) is 0 Å². The van der Waals surface area contributed by atoms with Crippen LogP contribution >= 0.6 is 34.8 Å². The van der Waals surface area contributed by atoms with E-state index in [1.807, 2.05) is 0 Å². The molecule has 0 amide bonds. The lowest BCUT2D eigenvalue weighted by atomic mass is 10.1. The second-order valence-electron chi connectivity index (χ2n) is 3.21. The topological polar surface area (TPSA) is 20.2 Å². The second kappa shape index (κ2) is 12.8. The van der Waals surface area contributed by atoms with Crippen LogP contribution in [-0.4, -0.2) is 16.0 Å². The van der Waals surface area contributed by atoms with Crippen molar-refractivity contribution in [2.75, 3.05) is 6.61 Å². The molecule has 13 heavy (non-hydrogen) atoms. The standard InChI is InChI=1S/C8H18O.CHCl3/c1-8(2)6-4-3-5-7-9;2-1(3)4/h8-9H,3-7H2,1-2H3;1H. The molecule has 1 nitrogen and oxygen atoms in total. The van der Waals surface area contributed by atoms with Crippen molar-refractivity contribution in [1.82, 2.24) is 0 Å². The quantitative estimate of drug-likeness (QED) is 0.572. The van der Waals surface area contributed by atoms with Crippen molar-refractivity contribution in [1.29, 1.82) is 0 Å². The van der Waals surface area contributed by atoms with Gasteiger partial charge in [0, 0.05) is 6.61 Å². The molecule has 0 aromatic carbocycles. The smallest absolute Gasteiger partial charge is 0.180 e. The lowest BCUT2D eigenvalue weighted by molar-refractivity contribution is 0.281. The first-order valence-electron chi connectivity index (χ1n) is 4.53. The fourth-order valence-electron chi connectivity index (χ4n) is 0.841. The fourth-order valence-corrected chi connectivity index (χ4v) is 0.841. The van der Waals surface area contributed by atoms with Gasteiger partial charge in [-0.05, 0) is 12.3 Å². The molecular weight excluding hydrogens is 230 g/mol. The summed E-state index contributed by atoms with van der Waals surface area (Å²) in [6.45, 7) is 4.83. The molecule has 0 atom stereocenters. The highest BCUT2D eigenvalue weighted by Crippen LogP contribution is 2.07. The van der Waals surface area contributed by atoms with E-state index in [1.54, 1.807) is 0 Å². The van der Waals surface area contributed by atoms with Crippen molar-refractivity contribution in [3.63, 3.8) is 0 Å². The van der Waals surface area contributed by atoms with Crippen molar-refractivity contribution in [3.05, 3.63) is 0 Å². The summed E-state index contributed by atoms with van der Waals surface area (Å²) in [5, 5.41) is 8.43. The maximum atomic E-state index is 8.43. The first-order chi connectivity index (χ1) is 6.00. The monoisotopic (exact) mass is 248 g/mol. The van der Waals surface area contributed by atoms with E-state index in [0.717, 1.165) is 12.3 Å². The van der Waals surface area contributed by atoms with Gasteiger partial charge in [0.15, 0.2) is 4.30 Å². The maximum absolute atomic E-state index is 8.43. The predicted molar refractivity (Wildman–Crippen MR) is 61.7 cm³/mol. The molecule has 0 heterocycles. The molecule has 4 heteroatoms. The second-order valence-corrected chi connectivity index (χ2v) is 5.19. The zero-order chi connectivity index (χ0) is 10.7. The molecule has 0 aliphatic heterocycles. The normalized spacial score (nSPS) is 10.2. The zero-order valence-corrected chi connectivity index (χ0v) is 10.5. The lowest BCUT2D eigenvalue weighted by Gasteiger charge is -2.01. The fraction of sp³-hybridized carbons (Fsp3) is 1.00. The first kappa shape index (κ1) is 16.3. The zero-order valence-electron chi connectivity index (χ0n) is 8.27. The van der Waals surface area contributed by atoms with E-state index in [2.05, 4.69) is 13.8 Å². The molecule has 0 bridgehead atoms. The van der Waals surface area contributed by atoms with Gasteiger partial charge in [-0.2, -0.15) is 0 Å². The van der Waals surface area contributed by atoms with Gasteiger partial charge in [0.05, 0.1) is 0 Å². The van der Waals surface area contributed by atoms with E-state index in [9.17, 15) is 0 Å². The summed E-state index contributed by atoms with van der Waals surface area (Å²) < 4.78 is -0.750. The highest BCUT2D eigenvalue weighted by atomic mass is 35.6. The van der Waals surface area contributed by atoms with E-state index in [1.165, 1.54) is 19.3 Å². The Labute approximate surface area is 96.4 Å². The number of aliphatic hydroxyl groups is 1. The summed E-state index contributed by atoms with van der Waals surface area (Å²) in [6.07, 6.45) is 4.75. The average molecular weight is 250 g/mol. The minimum Gasteiger partial charge on any atom is -0.396 e. The number of aliphatic hydroxyl groups excluding tert-OH is 1. The van der Waals surface area contributed by atoms with Crippen LogP contribution in [0.3, 0.4) is 0 Å². The third-order valence-corrected chi connectivity index (χ3v) is 1.44. The third kappa shape index (κ3) is 32.3. The van der Waals surface area contributed by atoms with Crippen molar-refractivity contribution in [2.24, 2.45) is 5.92 Å². The van der Waals surface area contributed by atoms with Gasteiger partial charge in [0.25, 0.3) is 0 Å². The van der Waals surface area contributed by atoms with Gasteiger partial charge in [-0.25, -0.2) is 0 Å². The van der Waals surface area contributed by atoms with Crippen LogP contribution in [0.15, 0.2) is 0 Å². The summed E-state index contributed by atoms with van der Waals surface area (Å²) in [5.41, 5.74) is 0. The number of halogens is 3. The number of alkyl halides is 3. The van der Waals surface area contributed by atoms with Crippen molar-refractivity contribution in [3.8, 4) is 0 Å². The number of hydrogen-bond donors (Lipinski definition) is 1. The van der Waals surface area contributed by atoms with E-state index < -0.39 is 4.30 Å². The van der Waals surface area contributed by atoms with Gasteiger partial charge in [-0.1, -0.05) is 67.9 Å². The van der Waals surface area contributed by atoms with Gasteiger partial charge < -0.3 is 5.11 Å². The molecule has 0 rings (SSSR count). The van der Waals surface area contributed by atoms with E-state index >= 15 is 0 Å². The average Bonchev–Trinajstić information content (AvgIpc) is 1.97. The highest BCUT2D eigenvalue weighted by Gasteiger charge is 1.92. The van der Waals surface area contributed by atoms with Crippen molar-refractivity contribution in [2.45, 2.75) is 43.8 Å². The molecule has 0 saturated heterocycles. The summed E-state index contributed by atoms with van der Waals surface area (Å²) in [4.78, 5) is 0.